The van der Waals surface area contributed by atoms with Crippen molar-refractivity contribution < 1.29 is 14.3 Å². The fourth-order valence-electron chi connectivity index (χ4n) is 3.42. The summed E-state index contributed by atoms with van der Waals surface area (Å²) in [6.45, 7) is 3.46. The number of rotatable bonds is 13. The smallest absolute Gasteiger partial charge is 0.262 e. The topological polar surface area (TPSA) is 82.5 Å². The van der Waals surface area contributed by atoms with Crippen LogP contribution in [0.3, 0.4) is 0 Å². The number of methoxy groups -OCH3 is 1. The molecule has 7 nitrogen and oxygen atoms in total. The molecule has 1 N–H and O–H groups in total. The maximum atomic E-state index is 13.0. The van der Waals surface area contributed by atoms with Crippen LogP contribution in [0, 0.1) is 0 Å². The molecule has 3 rings (SSSR count). The molecule has 8 heteroatoms. The van der Waals surface area contributed by atoms with Gasteiger partial charge in [0.25, 0.3) is 5.56 Å². The van der Waals surface area contributed by atoms with E-state index in [4.69, 9.17) is 9.47 Å². The molecule has 0 unspecified atom stereocenters. The highest BCUT2D eigenvalue weighted by atomic mass is 32.2. The number of carbonyl (C=O) groups is 1. The third-order valence-electron chi connectivity index (χ3n) is 5.15. The highest BCUT2D eigenvalue weighted by Crippen LogP contribution is 2.25. The first-order chi connectivity index (χ1) is 16.1. The Morgan fingerprint density at radius 2 is 1.82 bits per heavy atom. The molecule has 0 radical (unpaired) electrons. The summed E-state index contributed by atoms with van der Waals surface area (Å²) in [6, 6.07) is 14.7. The molecule has 33 heavy (non-hydrogen) atoms. The minimum Gasteiger partial charge on any atom is -0.493 e. The van der Waals surface area contributed by atoms with Crippen molar-refractivity contribution in [2.75, 3.05) is 26.0 Å². The number of para-hydroxylation sites is 3. The van der Waals surface area contributed by atoms with E-state index < -0.39 is 0 Å². The van der Waals surface area contributed by atoms with Crippen LogP contribution in [-0.2, 0) is 11.3 Å². The molecule has 0 atom stereocenters. The lowest BCUT2D eigenvalue weighted by Gasteiger charge is -2.13. The Kier molecular flexibility index (Phi) is 9.62. The predicted octanol–water partition coefficient (Wildman–Crippen LogP) is 4.27. The van der Waals surface area contributed by atoms with E-state index in [1.54, 1.807) is 17.7 Å². The van der Waals surface area contributed by atoms with Crippen molar-refractivity contribution in [2.45, 2.75) is 44.3 Å². The van der Waals surface area contributed by atoms with E-state index >= 15 is 0 Å². The third kappa shape index (κ3) is 6.99. The Morgan fingerprint density at radius 3 is 2.61 bits per heavy atom. The molecule has 0 saturated carbocycles. The van der Waals surface area contributed by atoms with Gasteiger partial charge >= 0.3 is 0 Å². The molecule has 0 aliphatic rings. The molecular weight excluding hydrogens is 438 g/mol. The molecule has 0 aliphatic carbocycles. The number of ether oxygens (including phenoxy) is 2. The Hall–Kier alpha value is -3.00. The molecule has 0 saturated heterocycles. The van der Waals surface area contributed by atoms with Crippen LogP contribution in [0.4, 0.5) is 0 Å². The fraction of sp³-hybridized carbons (Fsp3) is 0.400. The van der Waals surface area contributed by atoms with Crippen molar-refractivity contribution in [3.63, 3.8) is 0 Å². The summed E-state index contributed by atoms with van der Waals surface area (Å²) in [5.41, 5.74) is 0.602. The number of amides is 1. The minimum atomic E-state index is -0.136. The van der Waals surface area contributed by atoms with Crippen molar-refractivity contribution in [3.05, 3.63) is 58.9 Å². The molecule has 2 aromatic carbocycles. The zero-order valence-corrected chi connectivity index (χ0v) is 20.0. The fourth-order valence-corrected chi connectivity index (χ4v) is 4.28. The van der Waals surface area contributed by atoms with Gasteiger partial charge in [0.1, 0.15) is 6.61 Å². The summed E-state index contributed by atoms with van der Waals surface area (Å²) in [6.07, 6.45) is 4.24. The average Bonchev–Trinajstić information content (AvgIpc) is 2.84. The number of hydrogen-bond acceptors (Lipinski definition) is 6. The zero-order valence-electron chi connectivity index (χ0n) is 19.2. The Balaban J connectivity index is 1.57. The van der Waals surface area contributed by atoms with Gasteiger partial charge in [-0.1, -0.05) is 62.2 Å². The van der Waals surface area contributed by atoms with Crippen molar-refractivity contribution in [3.8, 4) is 11.5 Å². The lowest BCUT2D eigenvalue weighted by Crippen LogP contribution is -2.30. The number of nitrogens with one attached hydrogen (secondary N) is 1. The van der Waals surface area contributed by atoms with E-state index in [1.165, 1.54) is 11.8 Å². The van der Waals surface area contributed by atoms with Gasteiger partial charge in [0.15, 0.2) is 16.7 Å². The molecule has 0 bridgehead atoms. The SMILES string of the molecule is CCCCCCn1c(SCC(=O)NCCOc2ccccc2OC)nc2ccccc2c1=O. The van der Waals surface area contributed by atoms with Crippen molar-refractivity contribution in [1.29, 1.82) is 0 Å². The number of benzene rings is 2. The monoisotopic (exact) mass is 469 g/mol. The van der Waals surface area contributed by atoms with Crippen molar-refractivity contribution in [2.24, 2.45) is 0 Å². The Bertz CT molecular complexity index is 1120. The second kappa shape index (κ2) is 12.9. The first kappa shape index (κ1) is 24.6. The Labute approximate surface area is 198 Å². The highest BCUT2D eigenvalue weighted by Gasteiger charge is 2.13. The van der Waals surface area contributed by atoms with Gasteiger partial charge in [-0.3, -0.25) is 14.2 Å². The van der Waals surface area contributed by atoms with Gasteiger partial charge in [-0.15, -0.1) is 0 Å². The van der Waals surface area contributed by atoms with Gasteiger partial charge in [-0.25, -0.2) is 4.98 Å². The van der Waals surface area contributed by atoms with E-state index in [-0.39, 0.29) is 17.2 Å². The molecule has 0 fully saturated rings. The largest absolute Gasteiger partial charge is 0.493 e. The summed E-state index contributed by atoms with van der Waals surface area (Å²) in [5, 5.41) is 4.04. The Morgan fingerprint density at radius 1 is 1.06 bits per heavy atom. The first-order valence-electron chi connectivity index (χ1n) is 11.3. The van der Waals surface area contributed by atoms with Crippen LogP contribution in [0.1, 0.15) is 32.6 Å². The zero-order chi connectivity index (χ0) is 23.5. The quantitative estimate of drug-likeness (QED) is 0.229. The first-order valence-corrected chi connectivity index (χ1v) is 12.3. The van der Waals surface area contributed by atoms with Crippen LogP contribution in [0.2, 0.25) is 0 Å². The maximum absolute atomic E-state index is 13.0. The van der Waals surface area contributed by atoms with Crippen LogP contribution < -0.4 is 20.3 Å². The molecule has 1 heterocycles. The average molecular weight is 470 g/mol. The normalized spacial score (nSPS) is 10.8. The standard InChI is InChI=1S/C25H31N3O4S/c1-3-4-5-10-16-28-24(30)19-11-6-7-12-20(19)27-25(28)33-18-23(29)26-15-17-32-22-14-9-8-13-21(22)31-2/h6-9,11-14H,3-5,10,15-18H2,1-2H3,(H,26,29). The molecule has 1 aromatic heterocycles. The van der Waals surface area contributed by atoms with E-state index in [1.807, 2.05) is 42.5 Å². The van der Waals surface area contributed by atoms with Crippen LogP contribution in [0.25, 0.3) is 10.9 Å². The van der Waals surface area contributed by atoms with Crippen LogP contribution >= 0.6 is 11.8 Å². The van der Waals surface area contributed by atoms with Gasteiger partial charge in [-0.05, 0) is 30.7 Å². The van der Waals surface area contributed by atoms with Gasteiger partial charge in [0.2, 0.25) is 5.91 Å². The van der Waals surface area contributed by atoms with Gasteiger partial charge in [0.05, 0.1) is 30.3 Å². The second-order valence-corrected chi connectivity index (χ2v) is 8.51. The minimum absolute atomic E-state index is 0.0507. The number of unbranched alkanes of at least 4 members (excludes halogenated alkanes) is 3. The molecule has 1 amide bonds. The number of hydrogen-bond donors (Lipinski definition) is 1. The lowest BCUT2D eigenvalue weighted by molar-refractivity contribution is -0.118. The number of thioether (sulfide) groups is 1. The van der Waals surface area contributed by atoms with Gasteiger partial charge in [-0.2, -0.15) is 0 Å². The van der Waals surface area contributed by atoms with E-state index in [9.17, 15) is 9.59 Å². The number of fused-ring (bicyclic) bond motifs is 1. The van der Waals surface area contributed by atoms with Crippen molar-refractivity contribution in [1.82, 2.24) is 14.9 Å². The van der Waals surface area contributed by atoms with Crippen molar-refractivity contribution >= 4 is 28.6 Å². The van der Waals surface area contributed by atoms with Gasteiger partial charge < -0.3 is 14.8 Å². The molecule has 176 valence electrons. The summed E-state index contributed by atoms with van der Waals surface area (Å²) in [4.78, 5) is 30.1. The lowest BCUT2D eigenvalue weighted by atomic mass is 10.2. The summed E-state index contributed by atoms with van der Waals surface area (Å²) < 4.78 is 12.6. The summed E-state index contributed by atoms with van der Waals surface area (Å²) >= 11 is 1.29. The summed E-state index contributed by atoms with van der Waals surface area (Å²) in [5.74, 6) is 1.33. The number of nitrogens with zero attached hydrogens (tertiary/aromatic N) is 2. The molecule has 0 aliphatic heterocycles. The number of aromatic nitrogens is 2. The van der Waals surface area contributed by atoms with Crippen LogP contribution in [0.15, 0.2) is 58.5 Å². The maximum Gasteiger partial charge on any atom is 0.262 e. The van der Waals surface area contributed by atoms with Gasteiger partial charge in [0, 0.05) is 6.54 Å². The molecular formula is C25H31N3O4S. The number of carbonyl (C=O) groups excluding carboxylic acids is 1. The summed E-state index contributed by atoms with van der Waals surface area (Å²) in [7, 11) is 1.59. The van der Waals surface area contributed by atoms with E-state index in [0.717, 1.165) is 25.7 Å². The van der Waals surface area contributed by atoms with Crippen LogP contribution in [-0.4, -0.2) is 41.5 Å². The second-order valence-electron chi connectivity index (χ2n) is 7.57. The van der Waals surface area contributed by atoms with E-state index in [2.05, 4.69) is 17.2 Å². The predicted molar refractivity (Wildman–Crippen MR) is 132 cm³/mol. The van der Waals surface area contributed by atoms with E-state index in [0.29, 0.717) is 47.3 Å². The van der Waals surface area contributed by atoms with Crippen LogP contribution in [0.5, 0.6) is 11.5 Å². The molecule has 0 spiro atoms. The highest BCUT2D eigenvalue weighted by molar-refractivity contribution is 7.99. The molecule has 3 aromatic rings. The third-order valence-corrected chi connectivity index (χ3v) is 6.12.